The molecule has 108 valence electrons. The maximum atomic E-state index is 12.4. The van der Waals surface area contributed by atoms with Gasteiger partial charge in [-0.15, -0.1) is 0 Å². The zero-order valence-electron chi connectivity index (χ0n) is 11.9. The number of carbonyl (C=O) groups excluding carboxylic acids is 1. The number of amidine groups is 1. The Labute approximate surface area is 123 Å². The molecule has 0 aliphatic heterocycles. The van der Waals surface area contributed by atoms with E-state index in [1.54, 1.807) is 24.3 Å². The zero-order chi connectivity index (χ0) is 15.4. The molecule has 1 amide bonds. The van der Waals surface area contributed by atoms with Crippen LogP contribution >= 0.6 is 0 Å². The quantitative estimate of drug-likeness (QED) is 0.350. The van der Waals surface area contributed by atoms with Crippen LogP contribution in [-0.2, 0) is 0 Å². The number of hydrogen-bond donors (Lipinski definition) is 3. The number of nitrogens with zero attached hydrogens (tertiary/aromatic N) is 1. The molecular weight excluding hydrogens is 266 g/mol. The first-order valence-corrected chi connectivity index (χ1v) is 6.48. The number of rotatable bonds is 3. The summed E-state index contributed by atoms with van der Waals surface area (Å²) in [5.74, 6) is -0.180. The molecule has 0 aromatic heterocycles. The summed E-state index contributed by atoms with van der Waals surface area (Å²) in [4.78, 5) is 12.4. The molecule has 0 unspecified atom stereocenters. The molecule has 21 heavy (non-hydrogen) atoms. The molecule has 2 aromatic rings. The van der Waals surface area contributed by atoms with Crippen LogP contribution in [0, 0.1) is 13.8 Å². The van der Waals surface area contributed by atoms with Crippen molar-refractivity contribution in [1.29, 1.82) is 0 Å². The topological polar surface area (TPSA) is 87.7 Å². The first-order valence-electron chi connectivity index (χ1n) is 6.48. The fourth-order valence-electron chi connectivity index (χ4n) is 2.18. The van der Waals surface area contributed by atoms with E-state index in [2.05, 4.69) is 10.5 Å². The Bertz CT molecular complexity index is 688. The fourth-order valence-corrected chi connectivity index (χ4v) is 2.18. The largest absolute Gasteiger partial charge is 0.409 e. The Balaban J connectivity index is 2.28. The molecule has 0 spiro atoms. The lowest BCUT2D eigenvalue weighted by atomic mass is 10.0. The predicted octanol–water partition coefficient (Wildman–Crippen LogP) is 2.65. The Morgan fingerprint density at radius 1 is 1.14 bits per heavy atom. The number of hydrogen-bond acceptors (Lipinski definition) is 3. The summed E-state index contributed by atoms with van der Waals surface area (Å²) in [6, 6.07) is 12.5. The van der Waals surface area contributed by atoms with E-state index >= 15 is 0 Å². The number of oxime groups is 1. The normalized spacial score (nSPS) is 11.2. The minimum atomic E-state index is -0.178. The van der Waals surface area contributed by atoms with Crippen LogP contribution in [0.25, 0.3) is 0 Å². The number of nitrogens with two attached hydrogens (primary N) is 1. The highest BCUT2D eigenvalue weighted by Crippen LogP contribution is 2.17. The third-order valence-corrected chi connectivity index (χ3v) is 3.23. The van der Waals surface area contributed by atoms with E-state index in [0.717, 1.165) is 11.1 Å². The van der Waals surface area contributed by atoms with Crippen molar-refractivity contribution in [1.82, 2.24) is 0 Å². The number of nitrogens with one attached hydrogen (secondary N) is 1. The highest BCUT2D eigenvalue weighted by molar-refractivity contribution is 6.07. The van der Waals surface area contributed by atoms with E-state index in [4.69, 9.17) is 10.9 Å². The van der Waals surface area contributed by atoms with Gasteiger partial charge in [-0.3, -0.25) is 4.79 Å². The Morgan fingerprint density at radius 2 is 1.76 bits per heavy atom. The molecule has 0 heterocycles. The van der Waals surface area contributed by atoms with Gasteiger partial charge in [0.25, 0.3) is 5.91 Å². The van der Waals surface area contributed by atoms with Gasteiger partial charge in [-0.05, 0) is 37.1 Å². The molecule has 0 saturated heterocycles. The summed E-state index contributed by atoms with van der Waals surface area (Å²) in [7, 11) is 0. The second kappa shape index (κ2) is 6.09. The van der Waals surface area contributed by atoms with E-state index in [9.17, 15) is 4.79 Å². The van der Waals surface area contributed by atoms with Crippen LogP contribution in [0.1, 0.15) is 27.0 Å². The highest BCUT2D eigenvalue weighted by atomic mass is 16.4. The SMILES string of the molecule is Cc1cccc(C)c1C(=O)Nc1cccc(/C(N)=N/O)c1. The van der Waals surface area contributed by atoms with Crippen LogP contribution < -0.4 is 11.1 Å². The van der Waals surface area contributed by atoms with Crippen LogP contribution in [0.15, 0.2) is 47.6 Å². The molecular formula is C16H17N3O2. The van der Waals surface area contributed by atoms with Gasteiger partial charge in [0.05, 0.1) is 0 Å². The van der Waals surface area contributed by atoms with Crippen molar-refractivity contribution in [2.45, 2.75) is 13.8 Å². The summed E-state index contributed by atoms with van der Waals surface area (Å²) < 4.78 is 0. The third-order valence-electron chi connectivity index (χ3n) is 3.23. The van der Waals surface area contributed by atoms with Gasteiger partial charge in [0, 0.05) is 16.8 Å². The van der Waals surface area contributed by atoms with E-state index in [1.165, 1.54) is 0 Å². The first kappa shape index (κ1) is 14.6. The van der Waals surface area contributed by atoms with Crippen molar-refractivity contribution < 1.29 is 10.0 Å². The Hall–Kier alpha value is -2.82. The van der Waals surface area contributed by atoms with E-state index in [1.807, 2.05) is 32.0 Å². The van der Waals surface area contributed by atoms with Gasteiger partial charge in [0.1, 0.15) is 0 Å². The molecule has 0 radical (unpaired) electrons. The standard InChI is InChI=1S/C16H17N3O2/c1-10-5-3-6-11(2)14(10)16(20)18-13-8-4-7-12(9-13)15(17)19-21/h3-9,21H,1-2H3,(H2,17,19)(H,18,20). The van der Waals surface area contributed by atoms with Gasteiger partial charge in [-0.2, -0.15) is 0 Å². The van der Waals surface area contributed by atoms with Gasteiger partial charge < -0.3 is 16.3 Å². The van der Waals surface area contributed by atoms with Gasteiger partial charge in [0.2, 0.25) is 0 Å². The maximum Gasteiger partial charge on any atom is 0.256 e. The molecule has 5 heteroatoms. The fraction of sp³-hybridized carbons (Fsp3) is 0.125. The van der Waals surface area contributed by atoms with Crippen molar-refractivity contribution in [3.8, 4) is 0 Å². The summed E-state index contributed by atoms with van der Waals surface area (Å²) in [6.07, 6.45) is 0. The van der Waals surface area contributed by atoms with Crippen molar-refractivity contribution in [3.05, 3.63) is 64.7 Å². The summed E-state index contributed by atoms with van der Waals surface area (Å²) in [5, 5.41) is 14.5. The average molecular weight is 283 g/mol. The third kappa shape index (κ3) is 3.20. The average Bonchev–Trinajstić information content (AvgIpc) is 2.46. The monoisotopic (exact) mass is 283 g/mol. The second-order valence-corrected chi connectivity index (χ2v) is 4.79. The second-order valence-electron chi connectivity index (χ2n) is 4.79. The predicted molar refractivity (Wildman–Crippen MR) is 82.8 cm³/mol. The minimum Gasteiger partial charge on any atom is -0.409 e. The van der Waals surface area contributed by atoms with Gasteiger partial charge >= 0.3 is 0 Å². The lowest BCUT2D eigenvalue weighted by molar-refractivity contribution is 0.102. The molecule has 0 bridgehead atoms. The zero-order valence-corrected chi connectivity index (χ0v) is 11.9. The van der Waals surface area contributed by atoms with Gasteiger partial charge in [-0.25, -0.2) is 0 Å². The smallest absolute Gasteiger partial charge is 0.256 e. The van der Waals surface area contributed by atoms with Crippen molar-refractivity contribution >= 4 is 17.4 Å². The molecule has 0 aliphatic rings. The van der Waals surface area contributed by atoms with E-state index in [-0.39, 0.29) is 11.7 Å². The molecule has 4 N–H and O–H groups in total. The minimum absolute atomic E-state index is 0.00169. The lowest BCUT2D eigenvalue weighted by Gasteiger charge is -2.11. The molecule has 0 saturated carbocycles. The van der Waals surface area contributed by atoms with Crippen LogP contribution in [0.4, 0.5) is 5.69 Å². The van der Waals surface area contributed by atoms with Crippen LogP contribution in [0.2, 0.25) is 0 Å². The molecule has 2 aromatic carbocycles. The highest BCUT2D eigenvalue weighted by Gasteiger charge is 2.12. The van der Waals surface area contributed by atoms with Crippen LogP contribution in [-0.4, -0.2) is 17.0 Å². The lowest BCUT2D eigenvalue weighted by Crippen LogP contribution is -2.16. The van der Waals surface area contributed by atoms with Crippen LogP contribution in [0.3, 0.4) is 0 Å². The molecule has 0 aliphatic carbocycles. The van der Waals surface area contributed by atoms with E-state index in [0.29, 0.717) is 16.8 Å². The van der Waals surface area contributed by atoms with Gasteiger partial charge in [-0.1, -0.05) is 35.5 Å². The Kier molecular flexibility index (Phi) is 4.23. The van der Waals surface area contributed by atoms with Crippen molar-refractivity contribution in [2.75, 3.05) is 5.32 Å². The number of aryl methyl sites for hydroxylation is 2. The van der Waals surface area contributed by atoms with Gasteiger partial charge in [0.15, 0.2) is 5.84 Å². The number of benzene rings is 2. The number of amides is 1. The molecule has 0 fully saturated rings. The van der Waals surface area contributed by atoms with Crippen molar-refractivity contribution in [2.24, 2.45) is 10.9 Å². The molecule has 2 rings (SSSR count). The van der Waals surface area contributed by atoms with E-state index < -0.39 is 0 Å². The maximum absolute atomic E-state index is 12.4. The molecule has 0 atom stereocenters. The number of anilines is 1. The summed E-state index contributed by atoms with van der Waals surface area (Å²) >= 11 is 0. The number of carbonyl (C=O) groups is 1. The Morgan fingerprint density at radius 3 is 2.38 bits per heavy atom. The van der Waals surface area contributed by atoms with Crippen molar-refractivity contribution in [3.63, 3.8) is 0 Å². The van der Waals surface area contributed by atoms with Crippen LogP contribution in [0.5, 0.6) is 0 Å². The first-order chi connectivity index (χ1) is 10.0. The summed E-state index contributed by atoms with van der Waals surface area (Å²) in [5.41, 5.74) is 9.16. The molecule has 5 nitrogen and oxygen atoms in total. The summed E-state index contributed by atoms with van der Waals surface area (Å²) in [6.45, 7) is 3.80.